The molecule has 0 bridgehead atoms. The van der Waals surface area contributed by atoms with Gasteiger partial charge in [-0.2, -0.15) is 0 Å². The number of benzene rings is 1. The average Bonchev–Trinajstić information content (AvgIpc) is 2.47. The minimum absolute atomic E-state index is 0.163. The van der Waals surface area contributed by atoms with E-state index in [4.69, 9.17) is 16.3 Å². The van der Waals surface area contributed by atoms with Crippen molar-refractivity contribution in [1.82, 2.24) is 5.32 Å². The van der Waals surface area contributed by atoms with Gasteiger partial charge >= 0.3 is 5.97 Å². The zero-order chi connectivity index (χ0) is 16.4. The van der Waals surface area contributed by atoms with Crippen LogP contribution in [0.25, 0.3) is 0 Å². The smallest absolute Gasteiger partial charge is 0.312 e. The standard InChI is InChI=1S/C18H26ClNO2/c1-17(2,3)16(21)22-18(4,14-9-11-20-12-10-14)13-5-7-15(19)8-6-13/h5-8,14,20H,9-12H2,1-4H3. The summed E-state index contributed by atoms with van der Waals surface area (Å²) in [5.74, 6) is 0.143. The number of ether oxygens (including phenoxy) is 1. The molecular weight excluding hydrogens is 298 g/mol. The van der Waals surface area contributed by atoms with Gasteiger partial charge in [-0.05, 0) is 71.3 Å². The predicted molar refractivity (Wildman–Crippen MR) is 89.9 cm³/mol. The Balaban J connectivity index is 2.34. The normalized spacial score (nSPS) is 19.5. The van der Waals surface area contributed by atoms with E-state index in [2.05, 4.69) is 5.32 Å². The van der Waals surface area contributed by atoms with E-state index in [0.29, 0.717) is 10.9 Å². The lowest BCUT2D eigenvalue weighted by atomic mass is 9.77. The maximum absolute atomic E-state index is 12.5. The first-order valence-electron chi connectivity index (χ1n) is 7.94. The van der Waals surface area contributed by atoms with Crippen molar-refractivity contribution in [3.8, 4) is 0 Å². The molecule has 1 N–H and O–H groups in total. The summed E-state index contributed by atoms with van der Waals surface area (Å²) in [5, 5.41) is 4.06. The fraction of sp³-hybridized carbons (Fsp3) is 0.611. The van der Waals surface area contributed by atoms with E-state index in [1.807, 2.05) is 52.0 Å². The minimum atomic E-state index is -0.614. The van der Waals surface area contributed by atoms with Gasteiger partial charge < -0.3 is 10.1 Å². The van der Waals surface area contributed by atoms with Gasteiger partial charge in [0.2, 0.25) is 0 Å². The van der Waals surface area contributed by atoms with Crippen molar-refractivity contribution in [2.45, 2.75) is 46.1 Å². The molecule has 0 radical (unpaired) electrons. The van der Waals surface area contributed by atoms with E-state index < -0.39 is 11.0 Å². The molecule has 2 rings (SSSR count). The number of esters is 1. The first-order valence-corrected chi connectivity index (χ1v) is 8.31. The van der Waals surface area contributed by atoms with Crippen LogP contribution in [0, 0.1) is 11.3 Å². The lowest BCUT2D eigenvalue weighted by Gasteiger charge is -2.41. The lowest BCUT2D eigenvalue weighted by molar-refractivity contribution is -0.177. The lowest BCUT2D eigenvalue weighted by Crippen LogP contribution is -2.44. The topological polar surface area (TPSA) is 38.3 Å². The molecule has 1 aromatic carbocycles. The van der Waals surface area contributed by atoms with Crippen LogP contribution in [0.1, 0.15) is 46.1 Å². The van der Waals surface area contributed by atoms with Gasteiger partial charge in [0.15, 0.2) is 0 Å². The maximum atomic E-state index is 12.5. The van der Waals surface area contributed by atoms with Gasteiger partial charge in [-0.3, -0.25) is 4.79 Å². The third-order valence-corrected chi connectivity index (χ3v) is 4.70. The zero-order valence-electron chi connectivity index (χ0n) is 13.9. The molecule has 22 heavy (non-hydrogen) atoms. The van der Waals surface area contributed by atoms with Crippen molar-refractivity contribution < 1.29 is 9.53 Å². The van der Waals surface area contributed by atoms with Crippen LogP contribution in [0.4, 0.5) is 0 Å². The fourth-order valence-electron chi connectivity index (χ4n) is 2.88. The molecule has 0 aromatic heterocycles. The number of piperidine rings is 1. The molecule has 1 saturated heterocycles. The van der Waals surface area contributed by atoms with Crippen LogP contribution in [0.5, 0.6) is 0 Å². The molecule has 1 heterocycles. The van der Waals surface area contributed by atoms with Crippen LogP contribution in [-0.4, -0.2) is 19.1 Å². The van der Waals surface area contributed by atoms with Crippen molar-refractivity contribution in [3.63, 3.8) is 0 Å². The molecule has 0 amide bonds. The van der Waals surface area contributed by atoms with Gasteiger partial charge in [0.25, 0.3) is 0 Å². The zero-order valence-corrected chi connectivity index (χ0v) is 14.7. The van der Waals surface area contributed by atoms with Crippen molar-refractivity contribution in [2.75, 3.05) is 13.1 Å². The summed E-state index contributed by atoms with van der Waals surface area (Å²) in [5.41, 5.74) is -0.112. The highest BCUT2D eigenvalue weighted by atomic mass is 35.5. The van der Waals surface area contributed by atoms with E-state index in [-0.39, 0.29) is 5.97 Å². The van der Waals surface area contributed by atoms with Gasteiger partial charge in [-0.1, -0.05) is 23.7 Å². The van der Waals surface area contributed by atoms with Crippen molar-refractivity contribution in [2.24, 2.45) is 11.3 Å². The van der Waals surface area contributed by atoms with E-state index in [9.17, 15) is 4.79 Å². The number of carbonyl (C=O) groups is 1. The molecule has 4 heteroatoms. The molecule has 1 aromatic rings. The average molecular weight is 324 g/mol. The SMILES string of the molecule is CC(C)(C)C(=O)OC(C)(c1ccc(Cl)cc1)C1CCNCC1. The maximum Gasteiger partial charge on any atom is 0.312 e. The molecule has 0 saturated carbocycles. The molecule has 1 aliphatic heterocycles. The third-order valence-electron chi connectivity index (χ3n) is 4.45. The second-order valence-corrected chi connectivity index (χ2v) is 7.71. The number of hydrogen-bond acceptors (Lipinski definition) is 3. The van der Waals surface area contributed by atoms with Crippen molar-refractivity contribution in [3.05, 3.63) is 34.9 Å². The summed E-state index contributed by atoms with van der Waals surface area (Å²) in [4.78, 5) is 12.5. The molecular formula is C18H26ClNO2. The molecule has 1 fully saturated rings. The van der Waals surface area contributed by atoms with Gasteiger partial charge in [-0.25, -0.2) is 0 Å². The number of nitrogens with one attached hydrogen (secondary N) is 1. The summed E-state index contributed by atoms with van der Waals surface area (Å²) in [6.07, 6.45) is 1.99. The van der Waals surface area contributed by atoms with Gasteiger partial charge in [0, 0.05) is 10.9 Å². The van der Waals surface area contributed by atoms with Gasteiger partial charge in [0.1, 0.15) is 5.60 Å². The predicted octanol–water partition coefficient (Wildman–Crippen LogP) is 4.14. The van der Waals surface area contributed by atoms with Crippen LogP contribution < -0.4 is 5.32 Å². The number of carbonyl (C=O) groups excluding carboxylic acids is 1. The third kappa shape index (κ3) is 3.82. The Bertz CT molecular complexity index is 515. The highest BCUT2D eigenvalue weighted by Crippen LogP contribution is 2.40. The Morgan fingerprint density at radius 1 is 1.14 bits per heavy atom. The first kappa shape index (κ1) is 17.3. The molecule has 0 spiro atoms. The summed E-state index contributed by atoms with van der Waals surface area (Å²) < 4.78 is 6.06. The Morgan fingerprint density at radius 2 is 1.68 bits per heavy atom. The number of hydrogen-bond donors (Lipinski definition) is 1. The molecule has 122 valence electrons. The Labute approximate surface area is 138 Å². The first-order chi connectivity index (χ1) is 10.2. The number of halogens is 1. The highest BCUT2D eigenvalue weighted by Gasteiger charge is 2.42. The van der Waals surface area contributed by atoms with E-state index in [1.54, 1.807) is 0 Å². The second-order valence-electron chi connectivity index (χ2n) is 7.28. The fourth-order valence-corrected chi connectivity index (χ4v) is 3.00. The van der Waals surface area contributed by atoms with Crippen LogP contribution in [0.3, 0.4) is 0 Å². The van der Waals surface area contributed by atoms with E-state index in [1.165, 1.54) is 0 Å². The second kappa shape index (κ2) is 6.59. The Morgan fingerprint density at radius 3 is 2.18 bits per heavy atom. The molecule has 1 unspecified atom stereocenters. The summed E-state index contributed by atoms with van der Waals surface area (Å²) in [6, 6.07) is 7.67. The van der Waals surface area contributed by atoms with Gasteiger partial charge in [0.05, 0.1) is 5.41 Å². The summed E-state index contributed by atoms with van der Waals surface area (Å²) >= 11 is 6.01. The van der Waals surface area contributed by atoms with Gasteiger partial charge in [-0.15, -0.1) is 0 Å². The highest BCUT2D eigenvalue weighted by molar-refractivity contribution is 6.30. The quantitative estimate of drug-likeness (QED) is 0.849. The van der Waals surface area contributed by atoms with Crippen LogP contribution in [0.2, 0.25) is 5.02 Å². The van der Waals surface area contributed by atoms with E-state index >= 15 is 0 Å². The van der Waals surface area contributed by atoms with E-state index in [0.717, 1.165) is 31.5 Å². The molecule has 1 atom stereocenters. The Kier molecular flexibility index (Phi) is 5.18. The summed E-state index contributed by atoms with van der Waals surface area (Å²) in [6.45, 7) is 9.62. The van der Waals surface area contributed by atoms with Crippen LogP contribution >= 0.6 is 11.6 Å². The number of rotatable bonds is 3. The molecule has 1 aliphatic rings. The molecule has 3 nitrogen and oxygen atoms in total. The van der Waals surface area contributed by atoms with Crippen molar-refractivity contribution >= 4 is 17.6 Å². The minimum Gasteiger partial charge on any atom is -0.454 e. The Hall–Kier alpha value is -1.06. The van der Waals surface area contributed by atoms with Crippen LogP contribution in [0.15, 0.2) is 24.3 Å². The molecule has 0 aliphatic carbocycles. The van der Waals surface area contributed by atoms with Crippen LogP contribution in [-0.2, 0) is 15.1 Å². The largest absolute Gasteiger partial charge is 0.454 e. The van der Waals surface area contributed by atoms with Crippen molar-refractivity contribution in [1.29, 1.82) is 0 Å². The monoisotopic (exact) mass is 323 g/mol. The summed E-state index contributed by atoms with van der Waals surface area (Å²) in [7, 11) is 0.